The zero-order valence-electron chi connectivity index (χ0n) is 31.8. The van der Waals surface area contributed by atoms with Gasteiger partial charge < -0.3 is 53.2 Å². The molecule has 0 saturated carbocycles. The number of carbonyl (C=O) groups excluding carboxylic acids is 3. The van der Waals surface area contributed by atoms with E-state index in [1.54, 1.807) is 19.2 Å². The lowest BCUT2D eigenvalue weighted by atomic mass is 9.80. The van der Waals surface area contributed by atoms with Crippen LogP contribution in [0.25, 0.3) is 6.08 Å². The number of Topliss-reactive ketones (excluding diaryl/α,β-unsaturated/α-hetero) is 1. The van der Waals surface area contributed by atoms with Gasteiger partial charge >= 0.3 is 11.9 Å². The molecule has 3 N–H and O–H groups in total. The zero-order valence-corrected chi connectivity index (χ0v) is 33.3. The summed E-state index contributed by atoms with van der Waals surface area (Å²) in [7, 11) is 4.24. The SMILES string of the molecule is COC(=O)c1c(C)c2c(c(C)c1O)OC(=O)c1c(C)c(Cl)c(O)c(Cl)c1O2.COc1cc2c(cc1OC)C1C(=O)c3c(O)cc4c(c3OC1CO2)C=CC(C)(C)O4. The summed E-state index contributed by atoms with van der Waals surface area (Å²) in [6, 6.07) is 4.92. The Labute approximate surface area is 335 Å². The van der Waals surface area contributed by atoms with Gasteiger partial charge in [-0.3, -0.25) is 4.79 Å². The van der Waals surface area contributed by atoms with E-state index in [1.165, 1.54) is 41.1 Å². The molecule has 4 heterocycles. The first kappa shape index (κ1) is 39.3. The normalized spacial score (nSPS) is 17.6. The summed E-state index contributed by atoms with van der Waals surface area (Å²) >= 11 is 12.2. The highest BCUT2D eigenvalue weighted by Crippen LogP contribution is 2.54. The average molecular weight is 824 g/mol. The van der Waals surface area contributed by atoms with Crippen LogP contribution in [0.1, 0.15) is 78.7 Å². The number of phenols is 3. The third kappa shape index (κ3) is 6.23. The van der Waals surface area contributed by atoms with Crippen molar-refractivity contribution < 1.29 is 67.6 Å². The third-order valence-corrected chi connectivity index (χ3v) is 10.9. The van der Waals surface area contributed by atoms with E-state index in [-0.39, 0.29) is 78.8 Å². The number of methoxy groups -OCH3 is 3. The number of hydrogen-bond donors (Lipinski definition) is 3. The van der Waals surface area contributed by atoms with Crippen molar-refractivity contribution in [2.45, 2.75) is 52.2 Å². The molecule has 0 aromatic heterocycles. The Kier molecular flexibility index (Phi) is 9.77. The highest BCUT2D eigenvalue weighted by atomic mass is 35.5. The fourth-order valence-electron chi connectivity index (χ4n) is 7.16. The Morgan fingerprint density at radius 3 is 2.14 bits per heavy atom. The standard InChI is InChI=1S/C23H22O7.C18H14Cl2O7/c1-23(2)6-5-11-15(30-23)8-13(24)20-21(25)19-12-7-16(26-3)17(27-4)9-14(12)28-10-18(19)29-22(11)20;1-5-9-16(11(20)13(22)10(5)19)26-14-6(2)8(17(23)25-4)12(21)7(3)15(14)27-18(9)24/h5-9,18-19,24H,10H2,1-4H3;21-22H,1-4H3. The van der Waals surface area contributed by atoms with Gasteiger partial charge in [0, 0.05) is 28.8 Å². The van der Waals surface area contributed by atoms with Crippen molar-refractivity contribution in [3.8, 4) is 63.2 Å². The summed E-state index contributed by atoms with van der Waals surface area (Å²) < 4.78 is 44.7. The molecule has 0 saturated heterocycles. The first-order valence-corrected chi connectivity index (χ1v) is 18.1. The van der Waals surface area contributed by atoms with Gasteiger partial charge in [-0.15, -0.1) is 0 Å². The van der Waals surface area contributed by atoms with Crippen molar-refractivity contribution in [2.75, 3.05) is 27.9 Å². The predicted octanol–water partition coefficient (Wildman–Crippen LogP) is 8.15. The van der Waals surface area contributed by atoms with Crippen LogP contribution in [0.2, 0.25) is 10.0 Å². The lowest BCUT2D eigenvalue weighted by molar-refractivity contribution is 0.0545. The van der Waals surface area contributed by atoms with E-state index >= 15 is 0 Å². The summed E-state index contributed by atoms with van der Waals surface area (Å²) in [4.78, 5) is 38.3. The molecule has 14 nitrogen and oxygen atoms in total. The highest BCUT2D eigenvalue weighted by molar-refractivity contribution is 6.39. The predicted molar refractivity (Wildman–Crippen MR) is 205 cm³/mol. The molecule has 298 valence electrons. The van der Waals surface area contributed by atoms with Crippen LogP contribution < -0.4 is 33.2 Å². The number of rotatable bonds is 3. The van der Waals surface area contributed by atoms with Crippen molar-refractivity contribution in [2.24, 2.45) is 0 Å². The van der Waals surface area contributed by atoms with Crippen LogP contribution in [-0.2, 0) is 4.74 Å². The molecule has 4 aliphatic heterocycles. The van der Waals surface area contributed by atoms with E-state index in [1.807, 2.05) is 26.0 Å². The Hall–Kier alpha value is -5.99. The maximum atomic E-state index is 13.6. The first-order valence-electron chi connectivity index (χ1n) is 17.4. The average Bonchev–Trinajstić information content (AvgIpc) is 3.33. The molecule has 4 aromatic rings. The van der Waals surface area contributed by atoms with Crippen LogP contribution in [0.3, 0.4) is 0 Å². The Balaban J connectivity index is 0.000000175. The minimum absolute atomic E-state index is 0.0131. The van der Waals surface area contributed by atoms with Gasteiger partial charge in [0.15, 0.2) is 40.3 Å². The van der Waals surface area contributed by atoms with Crippen LogP contribution in [-0.4, -0.2) is 72.7 Å². The van der Waals surface area contributed by atoms with Gasteiger partial charge in [0.1, 0.15) is 68.8 Å². The third-order valence-electron chi connectivity index (χ3n) is 10.1. The summed E-state index contributed by atoms with van der Waals surface area (Å²) in [6.07, 6.45) is 3.23. The molecule has 8 rings (SSSR count). The van der Waals surface area contributed by atoms with Crippen LogP contribution >= 0.6 is 23.2 Å². The number of esters is 2. The number of ether oxygens (including phenoxy) is 8. The van der Waals surface area contributed by atoms with Gasteiger partial charge in [-0.2, -0.15) is 0 Å². The number of benzene rings is 4. The highest BCUT2D eigenvalue weighted by Gasteiger charge is 2.46. The first-order chi connectivity index (χ1) is 26.9. The molecule has 4 aliphatic rings. The van der Waals surface area contributed by atoms with Crippen molar-refractivity contribution in [3.63, 3.8) is 0 Å². The van der Waals surface area contributed by atoms with Crippen molar-refractivity contribution in [1.29, 1.82) is 0 Å². The van der Waals surface area contributed by atoms with Crippen LogP contribution in [0.15, 0.2) is 24.3 Å². The molecule has 0 radical (unpaired) electrons. The molecule has 4 aromatic carbocycles. The molecular formula is C41H36Cl2O14. The topological polar surface area (TPSA) is 186 Å². The molecule has 16 heteroatoms. The van der Waals surface area contributed by atoms with Gasteiger partial charge in [0.05, 0.1) is 37.8 Å². The van der Waals surface area contributed by atoms with Gasteiger partial charge in [0.25, 0.3) is 0 Å². The quantitative estimate of drug-likeness (QED) is 0.133. The van der Waals surface area contributed by atoms with Crippen molar-refractivity contribution in [3.05, 3.63) is 78.8 Å². The maximum Gasteiger partial charge on any atom is 0.347 e. The van der Waals surface area contributed by atoms with Crippen LogP contribution in [0.5, 0.6) is 63.2 Å². The number of phenolic OH excluding ortho intramolecular Hbond substituents is 3. The fraction of sp³-hybridized carbons (Fsp3) is 0.293. The van der Waals surface area contributed by atoms with E-state index in [0.717, 1.165) is 0 Å². The summed E-state index contributed by atoms with van der Waals surface area (Å²) in [6.45, 7) is 8.45. The molecule has 0 bridgehead atoms. The van der Waals surface area contributed by atoms with Gasteiger partial charge in [0.2, 0.25) is 0 Å². The molecular weight excluding hydrogens is 787 g/mol. The van der Waals surface area contributed by atoms with E-state index in [0.29, 0.717) is 39.9 Å². The largest absolute Gasteiger partial charge is 0.507 e. The molecule has 0 amide bonds. The molecule has 2 unspecified atom stereocenters. The molecule has 57 heavy (non-hydrogen) atoms. The van der Waals surface area contributed by atoms with Gasteiger partial charge in [-0.05, 0) is 58.4 Å². The molecule has 0 spiro atoms. The van der Waals surface area contributed by atoms with E-state index in [2.05, 4.69) is 0 Å². The Morgan fingerprint density at radius 1 is 0.807 bits per heavy atom. The summed E-state index contributed by atoms with van der Waals surface area (Å²) in [5.74, 6) is -1.40. The van der Waals surface area contributed by atoms with Crippen LogP contribution in [0, 0.1) is 20.8 Å². The Morgan fingerprint density at radius 2 is 1.47 bits per heavy atom. The number of aromatic hydroxyl groups is 3. The summed E-state index contributed by atoms with van der Waals surface area (Å²) in [5, 5.41) is 30.8. The van der Waals surface area contributed by atoms with Crippen LogP contribution in [0.4, 0.5) is 0 Å². The number of ketones is 1. The second-order valence-electron chi connectivity index (χ2n) is 14.0. The second kappa shape index (κ2) is 14.2. The van der Waals surface area contributed by atoms with E-state index in [9.17, 15) is 29.7 Å². The lowest BCUT2D eigenvalue weighted by Gasteiger charge is -2.39. The van der Waals surface area contributed by atoms with Gasteiger partial charge in [-0.25, -0.2) is 9.59 Å². The van der Waals surface area contributed by atoms with E-state index < -0.39 is 41.1 Å². The maximum absolute atomic E-state index is 13.6. The number of fused-ring (bicyclic) bond motifs is 8. The second-order valence-corrected chi connectivity index (χ2v) is 14.8. The van der Waals surface area contributed by atoms with Crippen molar-refractivity contribution in [1.82, 2.24) is 0 Å². The number of hydrogen-bond acceptors (Lipinski definition) is 14. The lowest BCUT2D eigenvalue weighted by Crippen LogP contribution is -2.43. The molecule has 0 fully saturated rings. The summed E-state index contributed by atoms with van der Waals surface area (Å²) in [5.41, 5.74) is 1.19. The molecule has 0 aliphatic carbocycles. The zero-order chi connectivity index (χ0) is 41.4. The fourth-order valence-corrected chi connectivity index (χ4v) is 7.62. The van der Waals surface area contributed by atoms with Crippen molar-refractivity contribution >= 4 is 47.0 Å². The number of carbonyl (C=O) groups is 3. The molecule has 2 atom stereocenters. The minimum Gasteiger partial charge on any atom is -0.507 e. The monoisotopic (exact) mass is 822 g/mol. The number of halogens is 2. The smallest absolute Gasteiger partial charge is 0.347 e. The van der Waals surface area contributed by atoms with Gasteiger partial charge in [-0.1, -0.05) is 23.2 Å². The Bertz CT molecular complexity index is 2470. The minimum atomic E-state index is -0.835. The van der Waals surface area contributed by atoms with E-state index in [4.69, 9.17) is 61.1 Å².